The first-order chi connectivity index (χ1) is 10.2. The Morgan fingerprint density at radius 1 is 1.24 bits per heavy atom. The number of amides is 1. The summed E-state index contributed by atoms with van der Waals surface area (Å²) in [5.41, 5.74) is 2.64. The fourth-order valence-corrected chi connectivity index (χ4v) is 3.09. The fraction of sp³-hybridized carbons (Fsp3) is 0.312. The van der Waals surface area contributed by atoms with Crippen molar-refractivity contribution in [2.45, 2.75) is 12.0 Å². The highest BCUT2D eigenvalue weighted by Gasteiger charge is 2.53. The van der Waals surface area contributed by atoms with Crippen molar-refractivity contribution in [1.82, 2.24) is 9.88 Å². The molecule has 0 bridgehead atoms. The van der Waals surface area contributed by atoms with E-state index in [1.807, 2.05) is 41.4 Å². The molecule has 0 aliphatic carbocycles. The van der Waals surface area contributed by atoms with Gasteiger partial charge in [0.1, 0.15) is 5.69 Å². The lowest BCUT2D eigenvalue weighted by molar-refractivity contribution is -0.172. The van der Waals surface area contributed by atoms with E-state index in [4.69, 9.17) is 16.3 Å². The molecule has 0 saturated carbocycles. The molecule has 4 nitrogen and oxygen atoms in total. The van der Waals surface area contributed by atoms with Gasteiger partial charge in [0.25, 0.3) is 5.91 Å². The molecule has 0 radical (unpaired) electrons. The van der Waals surface area contributed by atoms with Crippen molar-refractivity contribution in [1.29, 1.82) is 0 Å². The van der Waals surface area contributed by atoms with E-state index >= 15 is 0 Å². The Kier molecular flexibility index (Phi) is 2.84. The SMILES string of the molecule is O=C(c1cc(-c2ccc(Cl)cc2)c[nH]1)N1CCC12COC2. The smallest absolute Gasteiger partial charge is 0.270 e. The lowest BCUT2D eigenvalue weighted by Crippen LogP contribution is -2.72. The van der Waals surface area contributed by atoms with Crippen molar-refractivity contribution in [3.63, 3.8) is 0 Å². The Morgan fingerprint density at radius 2 is 2.00 bits per heavy atom. The van der Waals surface area contributed by atoms with Gasteiger partial charge in [0.15, 0.2) is 0 Å². The topological polar surface area (TPSA) is 45.3 Å². The Morgan fingerprint density at radius 3 is 2.57 bits per heavy atom. The molecule has 1 spiro atoms. The number of rotatable bonds is 2. The first-order valence-electron chi connectivity index (χ1n) is 7.02. The number of carbonyl (C=O) groups is 1. The quantitative estimate of drug-likeness (QED) is 0.927. The van der Waals surface area contributed by atoms with E-state index in [0.29, 0.717) is 23.9 Å². The van der Waals surface area contributed by atoms with Crippen LogP contribution in [0.25, 0.3) is 11.1 Å². The minimum atomic E-state index is -0.0252. The van der Waals surface area contributed by atoms with Crippen molar-refractivity contribution in [2.24, 2.45) is 0 Å². The van der Waals surface area contributed by atoms with Gasteiger partial charge >= 0.3 is 0 Å². The number of aromatic nitrogens is 1. The average molecular weight is 303 g/mol. The zero-order chi connectivity index (χ0) is 14.4. The second-order valence-electron chi connectivity index (χ2n) is 5.73. The molecule has 2 aliphatic rings. The number of likely N-dealkylation sites (tertiary alicyclic amines) is 1. The molecular weight excluding hydrogens is 288 g/mol. The molecule has 1 N–H and O–H groups in total. The molecule has 1 amide bonds. The summed E-state index contributed by atoms with van der Waals surface area (Å²) < 4.78 is 5.27. The van der Waals surface area contributed by atoms with Gasteiger partial charge < -0.3 is 14.6 Å². The summed E-state index contributed by atoms with van der Waals surface area (Å²) in [4.78, 5) is 17.6. The lowest BCUT2D eigenvalue weighted by atomic mass is 9.82. The summed E-state index contributed by atoms with van der Waals surface area (Å²) in [6.07, 6.45) is 2.91. The van der Waals surface area contributed by atoms with Crippen molar-refractivity contribution in [3.05, 3.63) is 47.2 Å². The summed E-state index contributed by atoms with van der Waals surface area (Å²) in [6, 6.07) is 9.50. The van der Waals surface area contributed by atoms with Crippen molar-refractivity contribution in [3.8, 4) is 11.1 Å². The maximum absolute atomic E-state index is 12.6. The Bertz CT molecular complexity index is 683. The molecular formula is C16H15ClN2O2. The number of benzene rings is 1. The monoisotopic (exact) mass is 302 g/mol. The molecule has 1 aromatic heterocycles. The first-order valence-corrected chi connectivity index (χ1v) is 7.40. The molecule has 0 unspecified atom stereocenters. The number of hydrogen-bond acceptors (Lipinski definition) is 2. The van der Waals surface area contributed by atoms with Gasteiger partial charge in [-0.25, -0.2) is 0 Å². The average Bonchev–Trinajstić information content (AvgIpc) is 2.86. The van der Waals surface area contributed by atoms with Crippen LogP contribution in [0, 0.1) is 0 Å². The molecule has 108 valence electrons. The fourth-order valence-electron chi connectivity index (χ4n) is 2.97. The minimum Gasteiger partial charge on any atom is -0.376 e. The molecule has 0 atom stereocenters. The van der Waals surface area contributed by atoms with Crippen LogP contribution in [0.5, 0.6) is 0 Å². The summed E-state index contributed by atoms with van der Waals surface area (Å²) in [5, 5.41) is 0.707. The molecule has 2 fully saturated rings. The van der Waals surface area contributed by atoms with Crippen molar-refractivity contribution >= 4 is 17.5 Å². The van der Waals surface area contributed by atoms with Crippen LogP contribution in [0.2, 0.25) is 5.02 Å². The van der Waals surface area contributed by atoms with Crippen LogP contribution in [0.3, 0.4) is 0 Å². The van der Waals surface area contributed by atoms with Crippen LogP contribution >= 0.6 is 11.6 Å². The number of halogens is 1. The highest BCUT2D eigenvalue weighted by molar-refractivity contribution is 6.30. The standard InChI is InChI=1S/C16H15ClN2O2/c17-13-3-1-11(2-4-13)12-7-14(18-8-12)15(20)19-6-5-16(19)9-21-10-16/h1-4,7-8,18H,5-6,9-10H2. The van der Waals surface area contributed by atoms with E-state index in [9.17, 15) is 4.79 Å². The second kappa shape index (κ2) is 4.61. The van der Waals surface area contributed by atoms with Gasteiger partial charge in [-0.05, 0) is 35.7 Å². The predicted octanol–water partition coefficient (Wildman–Crippen LogP) is 2.95. The van der Waals surface area contributed by atoms with Crippen LogP contribution in [0.1, 0.15) is 16.9 Å². The van der Waals surface area contributed by atoms with E-state index in [0.717, 1.165) is 24.1 Å². The third-order valence-corrected chi connectivity index (χ3v) is 4.70. The lowest BCUT2D eigenvalue weighted by Gasteiger charge is -2.57. The van der Waals surface area contributed by atoms with E-state index < -0.39 is 0 Å². The largest absolute Gasteiger partial charge is 0.376 e. The third-order valence-electron chi connectivity index (χ3n) is 4.45. The van der Waals surface area contributed by atoms with E-state index in [-0.39, 0.29) is 11.4 Å². The summed E-state index contributed by atoms with van der Waals surface area (Å²) in [5.74, 6) is 0.0600. The molecule has 2 aliphatic heterocycles. The number of carbonyl (C=O) groups excluding carboxylic acids is 1. The van der Waals surface area contributed by atoms with Gasteiger partial charge in [0.05, 0.1) is 18.8 Å². The van der Waals surface area contributed by atoms with E-state index in [2.05, 4.69) is 4.98 Å². The molecule has 4 rings (SSSR count). The zero-order valence-electron chi connectivity index (χ0n) is 11.4. The maximum atomic E-state index is 12.6. The molecule has 3 heterocycles. The van der Waals surface area contributed by atoms with Crippen molar-refractivity contribution in [2.75, 3.05) is 19.8 Å². The van der Waals surface area contributed by atoms with Gasteiger partial charge in [0, 0.05) is 17.8 Å². The van der Waals surface area contributed by atoms with Crippen LogP contribution in [-0.4, -0.2) is 41.1 Å². The summed E-state index contributed by atoms with van der Waals surface area (Å²) >= 11 is 5.90. The predicted molar refractivity (Wildman–Crippen MR) is 80.4 cm³/mol. The van der Waals surface area contributed by atoms with Gasteiger partial charge in [-0.3, -0.25) is 4.79 Å². The number of hydrogen-bond donors (Lipinski definition) is 1. The minimum absolute atomic E-state index is 0.0252. The third kappa shape index (κ3) is 1.98. The second-order valence-corrected chi connectivity index (χ2v) is 6.17. The summed E-state index contributed by atoms with van der Waals surface area (Å²) in [7, 11) is 0. The molecule has 1 aromatic carbocycles. The zero-order valence-corrected chi connectivity index (χ0v) is 12.2. The Labute approximate surface area is 127 Å². The van der Waals surface area contributed by atoms with Crippen LogP contribution in [0.15, 0.2) is 36.5 Å². The molecule has 5 heteroatoms. The number of aromatic amines is 1. The highest BCUT2D eigenvalue weighted by atomic mass is 35.5. The highest BCUT2D eigenvalue weighted by Crippen LogP contribution is 2.38. The van der Waals surface area contributed by atoms with Crippen LogP contribution in [0.4, 0.5) is 0 Å². The molecule has 2 saturated heterocycles. The maximum Gasteiger partial charge on any atom is 0.270 e. The summed E-state index contributed by atoms with van der Waals surface area (Å²) in [6.45, 7) is 2.16. The van der Waals surface area contributed by atoms with Gasteiger partial charge in [-0.15, -0.1) is 0 Å². The van der Waals surface area contributed by atoms with Gasteiger partial charge in [-0.1, -0.05) is 23.7 Å². The van der Waals surface area contributed by atoms with Crippen LogP contribution < -0.4 is 0 Å². The molecule has 2 aromatic rings. The van der Waals surface area contributed by atoms with Crippen molar-refractivity contribution < 1.29 is 9.53 Å². The number of nitrogens with zero attached hydrogens (tertiary/aromatic N) is 1. The number of H-pyrrole nitrogens is 1. The number of nitrogens with one attached hydrogen (secondary N) is 1. The van der Waals surface area contributed by atoms with Crippen LogP contribution in [-0.2, 0) is 4.74 Å². The van der Waals surface area contributed by atoms with E-state index in [1.54, 1.807) is 0 Å². The Hall–Kier alpha value is -1.78. The normalized spacial score (nSPS) is 19.2. The van der Waals surface area contributed by atoms with Gasteiger partial charge in [0.2, 0.25) is 0 Å². The van der Waals surface area contributed by atoms with Gasteiger partial charge in [-0.2, -0.15) is 0 Å². The van der Waals surface area contributed by atoms with E-state index in [1.165, 1.54) is 0 Å². The number of ether oxygens (including phenoxy) is 1. The molecule has 21 heavy (non-hydrogen) atoms. The first kappa shape index (κ1) is 12.9. The Balaban J connectivity index is 1.57.